The predicted octanol–water partition coefficient (Wildman–Crippen LogP) is 4.95. The summed E-state index contributed by atoms with van der Waals surface area (Å²) < 4.78 is 0. The van der Waals surface area contributed by atoms with E-state index < -0.39 is 0 Å². The molecule has 0 unspecified atom stereocenters. The standard InChI is InChI=1S/C17H8Cl3N3O/c18-10-4-5-11-15(7-10)22-16(23-17(11)24)9(8-21)6-12-13(19)2-1-3-14(12)20/h1-7H,(H,22,23,24)/b9-6+. The lowest BCUT2D eigenvalue weighted by molar-refractivity contribution is 1.13. The van der Waals surface area contributed by atoms with E-state index in [0.29, 0.717) is 31.5 Å². The first-order valence-electron chi connectivity index (χ1n) is 6.75. The van der Waals surface area contributed by atoms with Gasteiger partial charge in [-0.3, -0.25) is 4.79 Å². The number of H-pyrrole nitrogens is 1. The summed E-state index contributed by atoms with van der Waals surface area (Å²) in [6, 6.07) is 11.8. The number of aromatic amines is 1. The molecule has 0 aliphatic carbocycles. The molecule has 3 rings (SSSR count). The zero-order valence-corrected chi connectivity index (χ0v) is 14.2. The maximum Gasteiger partial charge on any atom is 0.259 e. The molecule has 0 saturated carbocycles. The van der Waals surface area contributed by atoms with E-state index in [-0.39, 0.29) is 17.0 Å². The molecular formula is C17H8Cl3N3O. The number of nitrogens with one attached hydrogen (secondary N) is 1. The van der Waals surface area contributed by atoms with Crippen LogP contribution in [-0.2, 0) is 0 Å². The van der Waals surface area contributed by atoms with Gasteiger partial charge in [-0.2, -0.15) is 5.26 Å². The molecule has 7 heteroatoms. The van der Waals surface area contributed by atoms with Crippen molar-refractivity contribution >= 4 is 57.4 Å². The normalized spacial score (nSPS) is 11.5. The van der Waals surface area contributed by atoms with Gasteiger partial charge in [0.25, 0.3) is 5.56 Å². The summed E-state index contributed by atoms with van der Waals surface area (Å²) >= 11 is 18.2. The molecule has 24 heavy (non-hydrogen) atoms. The van der Waals surface area contributed by atoms with Crippen LogP contribution >= 0.6 is 34.8 Å². The van der Waals surface area contributed by atoms with E-state index in [0.717, 1.165) is 0 Å². The molecule has 0 bridgehead atoms. The smallest absolute Gasteiger partial charge is 0.259 e. The summed E-state index contributed by atoms with van der Waals surface area (Å²) in [6.07, 6.45) is 1.49. The van der Waals surface area contributed by atoms with E-state index in [4.69, 9.17) is 34.8 Å². The Hall–Kier alpha value is -2.32. The maximum absolute atomic E-state index is 12.2. The van der Waals surface area contributed by atoms with Crippen LogP contribution in [0.3, 0.4) is 0 Å². The highest BCUT2D eigenvalue weighted by Gasteiger charge is 2.11. The van der Waals surface area contributed by atoms with Crippen molar-refractivity contribution in [2.45, 2.75) is 0 Å². The van der Waals surface area contributed by atoms with Crippen molar-refractivity contribution in [1.82, 2.24) is 9.97 Å². The topological polar surface area (TPSA) is 69.5 Å². The first kappa shape index (κ1) is 16.5. The first-order chi connectivity index (χ1) is 11.5. The first-order valence-corrected chi connectivity index (χ1v) is 7.89. The monoisotopic (exact) mass is 375 g/mol. The van der Waals surface area contributed by atoms with Crippen LogP contribution < -0.4 is 5.56 Å². The molecule has 0 spiro atoms. The molecule has 0 radical (unpaired) electrons. The lowest BCUT2D eigenvalue weighted by Gasteiger charge is -2.05. The summed E-state index contributed by atoms with van der Waals surface area (Å²) in [7, 11) is 0. The van der Waals surface area contributed by atoms with Crippen LogP contribution in [0.1, 0.15) is 11.4 Å². The molecule has 118 valence electrons. The third-order valence-corrected chi connectivity index (χ3v) is 4.23. The number of nitriles is 1. The van der Waals surface area contributed by atoms with E-state index in [2.05, 4.69) is 9.97 Å². The molecule has 0 aliphatic rings. The molecule has 4 nitrogen and oxygen atoms in total. The van der Waals surface area contributed by atoms with Crippen molar-refractivity contribution in [2.75, 3.05) is 0 Å². The van der Waals surface area contributed by atoms with Gasteiger partial charge in [0.2, 0.25) is 0 Å². The minimum Gasteiger partial charge on any atom is -0.305 e. The zero-order valence-electron chi connectivity index (χ0n) is 12.0. The molecule has 0 saturated heterocycles. The van der Waals surface area contributed by atoms with Crippen LogP contribution in [0, 0.1) is 11.3 Å². The fourth-order valence-corrected chi connectivity index (χ4v) is 2.86. The summed E-state index contributed by atoms with van der Waals surface area (Å²) in [4.78, 5) is 19.1. The van der Waals surface area contributed by atoms with Crippen molar-refractivity contribution in [2.24, 2.45) is 0 Å². The van der Waals surface area contributed by atoms with Crippen molar-refractivity contribution in [3.63, 3.8) is 0 Å². The second-order valence-corrected chi connectivity index (χ2v) is 6.13. The van der Waals surface area contributed by atoms with Crippen LogP contribution in [0.4, 0.5) is 0 Å². The highest BCUT2D eigenvalue weighted by atomic mass is 35.5. The summed E-state index contributed by atoms with van der Waals surface area (Å²) in [6.45, 7) is 0. The largest absolute Gasteiger partial charge is 0.305 e. The van der Waals surface area contributed by atoms with Crippen molar-refractivity contribution in [3.8, 4) is 6.07 Å². The number of aromatic nitrogens is 2. The quantitative estimate of drug-likeness (QED) is 0.643. The SMILES string of the molecule is N#C/C(=C\c1c(Cl)cccc1Cl)c1nc2cc(Cl)ccc2c(=O)[nH]1. The third-order valence-electron chi connectivity index (χ3n) is 3.33. The Morgan fingerprint density at radius 1 is 1.17 bits per heavy atom. The number of hydrogen-bond donors (Lipinski definition) is 1. The van der Waals surface area contributed by atoms with Gasteiger partial charge in [-0.25, -0.2) is 4.98 Å². The van der Waals surface area contributed by atoms with E-state index in [1.807, 2.05) is 6.07 Å². The number of allylic oxidation sites excluding steroid dienone is 1. The number of fused-ring (bicyclic) bond motifs is 1. The van der Waals surface area contributed by atoms with Gasteiger partial charge in [0.1, 0.15) is 6.07 Å². The van der Waals surface area contributed by atoms with Crippen molar-refractivity contribution < 1.29 is 0 Å². The van der Waals surface area contributed by atoms with Gasteiger partial charge in [0, 0.05) is 20.6 Å². The highest BCUT2D eigenvalue weighted by molar-refractivity contribution is 6.37. The summed E-state index contributed by atoms with van der Waals surface area (Å²) in [5.74, 6) is 0.119. The minimum absolute atomic E-state index is 0.119. The molecule has 0 amide bonds. The van der Waals surface area contributed by atoms with E-state index >= 15 is 0 Å². The number of nitrogens with zero attached hydrogens (tertiary/aromatic N) is 2. The Morgan fingerprint density at radius 3 is 2.54 bits per heavy atom. The molecule has 1 aromatic heterocycles. The summed E-state index contributed by atoms with van der Waals surface area (Å²) in [5.41, 5.74) is 0.640. The Bertz CT molecular complexity index is 1060. The van der Waals surface area contributed by atoms with E-state index in [9.17, 15) is 10.1 Å². The van der Waals surface area contributed by atoms with Crippen molar-refractivity contribution in [1.29, 1.82) is 5.26 Å². The van der Waals surface area contributed by atoms with Crippen LogP contribution in [0.25, 0.3) is 22.6 Å². The Balaban J connectivity index is 2.22. The van der Waals surface area contributed by atoms with Gasteiger partial charge >= 0.3 is 0 Å². The van der Waals surface area contributed by atoms with Gasteiger partial charge in [0.05, 0.1) is 16.5 Å². The molecule has 1 heterocycles. The van der Waals surface area contributed by atoms with E-state index in [1.165, 1.54) is 6.08 Å². The summed E-state index contributed by atoms with van der Waals surface area (Å²) in [5, 5.41) is 11.1. The number of hydrogen-bond acceptors (Lipinski definition) is 3. The van der Waals surface area contributed by atoms with Gasteiger partial charge in [-0.1, -0.05) is 40.9 Å². The molecule has 0 aliphatic heterocycles. The predicted molar refractivity (Wildman–Crippen MR) is 97.3 cm³/mol. The van der Waals surface area contributed by atoms with Crippen LogP contribution in [-0.4, -0.2) is 9.97 Å². The Morgan fingerprint density at radius 2 is 1.88 bits per heavy atom. The second-order valence-electron chi connectivity index (χ2n) is 4.88. The highest BCUT2D eigenvalue weighted by Crippen LogP contribution is 2.28. The lowest BCUT2D eigenvalue weighted by atomic mass is 10.1. The molecule has 2 aromatic carbocycles. The molecular weight excluding hydrogens is 369 g/mol. The van der Waals surface area contributed by atoms with Crippen molar-refractivity contribution in [3.05, 3.63) is 73.2 Å². The average molecular weight is 377 g/mol. The molecule has 0 fully saturated rings. The van der Waals surface area contributed by atoms with E-state index in [1.54, 1.807) is 36.4 Å². The number of halogens is 3. The van der Waals surface area contributed by atoms with Crippen LogP contribution in [0.15, 0.2) is 41.2 Å². The van der Waals surface area contributed by atoms with Gasteiger partial charge in [-0.05, 0) is 36.4 Å². The second kappa shape index (κ2) is 6.66. The van der Waals surface area contributed by atoms with Gasteiger partial charge in [0.15, 0.2) is 5.82 Å². The fraction of sp³-hybridized carbons (Fsp3) is 0. The average Bonchev–Trinajstić information content (AvgIpc) is 2.54. The lowest BCUT2D eigenvalue weighted by Crippen LogP contribution is -2.11. The number of rotatable bonds is 2. The Kier molecular flexibility index (Phi) is 4.59. The zero-order chi connectivity index (χ0) is 17.3. The van der Waals surface area contributed by atoms with Crippen LogP contribution in [0.2, 0.25) is 15.1 Å². The fourth-order valence-electron chi connectivity index (χ4n) is 2.19. The van der Waals surface area contributed by atoms with Gasteiger partial charge in [-0.15, -0.1) is 0 Å². The maximum atomic E-state index is 12.2. The van der Waals surface area contributed by atoms with Crippen LogP contribution in [0.5, 0.6) is 0 Å². The molecule has 0 atom stereocenters. The third kappa shape index (κ3) is 3.15. The number of benzene rings is 2. The molecule has 3 aromatic rings. The minimum atomic E-state index is -0.363. The van der Waals surface area contributed by atoms with Gasteiger partial charge < -0.3 is 4.98 Å². The molecule has 1 N–H and O–H groups in total. The Labute approximate surface area is 151 Å².